The number of amides is 3. The molecule has 23 N–H and O–H groups in total. The summed E-state index contributed by atoms with van der Waals surface area (Å²) in [7, 11) is 0. The molecule has 0 aliphatic carbocycles. The van der Waals surface area contributed by atoms with E-state index in [4.69, 9.17) is 101 Å². The molecule has 0 bridgehead atoms. The van der Waals surface area contributed by atoms with Gasteiger partial charge in [-0.05, 0) is 6.92 Å². The summed E-state index contributed by atoms with van der Waals surface area (Å²) in [6, 6.07) is -0.928. The Balaban J connectivity index is 4.10. The maximum absolute atomic E-state index is 13.2. The average Bonchev–Trinajstić information content (AvgIpc) is 0.840. The first kappa shape index (κ1) is 116. The molecule has 0 fully saturated rings. The minimum Gasteiger partial charge on any atom is -0.394 e. The lowest BCUT2D eigenvalue weighted by atomic mass is 10.0. The van der Waals surface area contributed by atoms with Gasteiger partial charge in [0.1, 0.15) is 85.4 Å². The minimum atomic E-state index is -1.92. The molecule has 0 saturated carbocycles. The Kier molecular flexibility index (Phi) is 77.7. The van der Waals surface area contributed by atoms with Crippen molar-refractivity contribution in [2.75, 3.05) is 317 Å². The number of nitrogens with one attached hydrogen (secondary N) is 3. The van der Waals surface area contributed by atoms with Gasteiger partial charge in [-0.25, -0.2) is 0 Å². The molecular formula is C73H145N5O42. The van der Waals surface area contributed by atoms with E-state index in [1.165, 1.54) is 16.7 Å². The highest BCUT2D eigenvalue weighted by Crippen LogP contribution is 2.13. The van der Waals surface area contributed by atoms with Crippen LogP contribution in [-0.4, -0.2) is 556 Å². The second-order valence-corrected chi connectivity index (χ2v) is 26.8. The van der Waals surface area contributed by atoms with E-state index >= 15 is 0 Å². The van der Waals surface area contributed by atoms with E-state index in [9.17, 15) is 106 Å². The third-order valence-corrected chi connectivity index (χ3v) is 17.1. The van der Waals surface area contributed by atoms with E-state index in [0.717, 1.165) is 0 Å². The molecule has 0 aromatic carbocycles. The molecule has 714 valence electrons. The van der Waals surface area contributed by atoms with Crippen molar-refractivity contribution in [3.63, 3.8) is 0 Å². The highest BCUT2D eigenvalue weighted by Gasteiger charge is 2.36. The number of rotatable bonds is 91. The number of carbonyl (C=O) groups is 4. The van der Waals surface area contributed by atoms with Crippen LogP contribution in [0.25, 0.3) is 0 Å². The first-order chi connectivity index (χ1) is 57.8. The molecular weight excluding hydrogens is 1620 g/mol. The monoisotopic (exact) mass is 1760 g/mol. The maximum Gasteiger partial charge on any atom is 0.225 e. The number of carbonyl (C=O) groups excluding carboxylic acids is 4. The molecule has 1 unspecified atom stereocenters. The topological polar surface area (TPSA) is 682 Å². The van der Waals surface area contributed by atoms with Crippen LogP contribution in [0.4, 0.5) is 0 Å². The second-order valence-electron chi connectivity index (χ2n) is 26.8. The van der Waals surface area contributed by atoms with Crippen LogP contribution in [-0.2, 0) is 104 Å². The fraction of sp³-hybridized carbons (Fsp3) is 0.945. The zero-order valence-electron chi connectivity index (χ0n) is 69.2. The summed E-state index contributed by atoms with van der Waals surface area (Å²) in [4.78, 5) is 52.8. The van der Waals surface area contributed by atoms with E-state index in [1.807, 2.05) is 0 Å². The Hall–Kier alpha value is -3.52. The van der Waals surface area contributed by atoms with Crippen molar-refractivity contribution < 1.29 is 207 Å². The van der Waals surface area contributed by atoms with Crippen LogP contribution in [0, 0.1) is 0 Å². The standard InChI is InChI=1S/C73H145N5O42/c1-53(83)54(44-75-63(92)2-8-103-14-20-109-26-32-115-38-41-118-35-29-112-23-17-106-11-5-74-45-55(84)66(95)70(99)59(88)49-79)76-64(93)3-9-104-15-21-110-27-33-116-39-43-120-37-31-114-25-19-108-13-7-78(48-58(87)69(98)73(102)62(91)52-82)65(94)4-10-105-16-22-111-28-34-117-40-42-119-36-30-113-24-18-107-12-6-77(46-56(85)67(96)71(100)60(89)50-80)47-57(86)68(97)72(101)61(90)51-81/h54-62,66-74,79-82,84-91,95-102H,2-52H2,1H3,(H,75,92)(H,76,93)/t54?,55-,56-,57-,58-,59+,60+,61+,62+,66+,67+,68+,69+,70+,71+,72+,73+/m0/s1. The molecule has 0 aromatic rings. The highest BCUT2D eigenvalue weighted by molar-refractivity contribution is 5.88. The number of ether oxygens (including phenoxy) is 18. The summed E-state index contributed by atoms with van der Waals surface area (Å²) in [5.74, 6) is -1.61. The Morgan fingerprint density at radius 3 is 0.808 bits per heavy atom. The summed E-state index contributed by atoms with van der Waals surface area (Å²) >= 11 is 0. The zero-order chi connectivity index (χ0) is 89.2. The van der Waals surface area contributed by atoms with Crippen molar-refractivity contribution in [3.05, 3.63) is 0 Å². The second kappa shape index (κ2) is 80.1. The van der Waals surface area contributed by atoms with Gasteiger partial charge in [0, 0.05) is 65.2 Å². The maximum atomic E-state index is 13.2. The van der Waals surface area contributed by atoms with Crippen molar-refractivity contribution in [1.82, 2.24) is 25.8 Å². The lowest BCUT2D eigenvalue weighted by molar-refractivity contribution is -0.141. The van der Waals surface area contributed by atoms with Crippen LogP contribution in [0.1, 0.15) is 26.2 Å². The van der Waals surface area contributed by atoms with Crippen molar-refractivity contribution in [2.45, 2.75) is 130 Å². The number of nitrogens with zero attached hydrogens (tertiary/aromatic N) is 2. The van der Waals surface area contributed by atoms with Gasteiger partial charge in [0.05, 0.1) is 289 Å². The van der Waals surface area contributed by atoms with Gasteiger partial charge in [-0.3, -0.25) is 24.1 Å². The first-order valence-electron chi connectivity index (χ1n) is 40.3. The first-order valence-corrected chi connectivity index (χ1v) is 40.3. The van der Waals surface area contributed by atoms with Crippen LogP contribution < -0.4 is 16.0 Å². The van der Waals surface area contributed by atoms with Crippen molar-refractivity contribution in [2.24, 2.45) is 0 Å². The lowest BCUT2D eigenvalue weighted by Gasteiger charge is -2.33. The third-order valence-electron chi connectivity index (χ3n) is 17.1. The van der Waals surface area contributed by atoms with Gasteiger partial charge in [0.15, 0.2) is 5.78 Å². The predicted molar refractivity (Wildman–Crippen MR) is 415 cm³/mol. The molecule has 0 spiro atoms. The van der Waals surface area contributed by atoms with Gasteiger partial charge in [0.25, 0.3) is 0 Å². The van der Waals surface area contributed by atoms with Gasteiger partial charge in [-0.15, -0.1) is 0 Å². The molecule has 0 rings (SSSR count). The van der Waals surface area contributed by atoms with Crippen molar-refractivity contribution in [3.8, 4) is 0 Å². The van der Waals surface area contributed by atoms with E-state index < -0.39 is 162 Å². The van der Waals surface area contributed by atoms with Crippen molar-refractivity contribution >= 4 is 23.5 Å². The van der Waals surface area contributed by atoms with Gasteiger partial charge >= 0.3 is 0 Å². The summed E-state index contributed by atoms with van der Waals surface area (Å²) in [6.45, 7) is 4.89. The number of ketones is 1. The zero-order valence-corrected chi connectivity index (χ0v) is 69.2. The van der Waals surface area contributed by atoms with Crippen LogP contribution in [0.3, 0.4) is 0 Å². The Labute approximate surface area is 700 Å². The van der Waals surface area contributed by atoms with Gasteiger partial charge in [-0.1, -0.05) is 0 Å². The highest BCUT2D eigenvalue weighted by atomic mass is 16.6. The minimum absolute atomic E-state index is 0.00439. The van der Waals surface area contributed by atoms with Crippen molar-refractivity contribution in [1.29, 1.82) is 0 Å². The number of hydrogen-bond acceptors (Lipinski definition) is 44. The summed E-state index contributed by atoms with van der Waals surface area (Å²) in [6.07, 6.45) is -28.2. The smallest absolute Gasteiger partial charge is 0.225 e. The normalized spacial score (nSPS) is 16.4. The van der Waals surface area contributed by atoms with Crippen LogP contribution in [0.5, 0.6) is 0 Å². The SMILES string of the molecule is CC(=O)C(CNC(=O)CCOCCOCCOCCOCCOCCOCCNC[C@H](O)[C@@H](O)[C@H](O)[C@H](O)CO)NC(=O)CCOCCOCCOCCOCCOCCOCCN(C[C@H](O)[C@@H](O)[C@H](O)[C@H](O)CO)C(=O)CCOCCOCCOCCOCCOCCOCCN(C[C@H](O)[C@@H](O)[C@H](O)[C@H](O)CO)C[C@H](O)[C@@H](O)[C@H](O)[C@H](O)CO. The van der Waals surface area contributed by atoms with E-state index in [0.29, 0.717) is 79.2 Å². The van der Waals surface area contributed by atoms with Gasteiger partial charge in [-0.2, -0.15) is 0 Å². The van der Waals surface area contributed by atoms with Crippen LogP contribution >= 0.6 is 0 Å². The number of hydrogen-bond donors (Lipinski definition) is 23. The molecule has 0 heterocycles. The Morgan fingerprint density at radius 1 is 0.267 bits per heavy atom. The lowest BCUT2D eigenvalue weighted by Crippen LogP contribution is -2.53. The molecule has 0 radical (unpaired) electrons. The largest absolute Gasteiger partial charge is 0.394 e. The molecule has 17 atom stereocenters. The quantitative estimate of drug-likeness (QED) is 0.0251. The predicted octanol–water partition coefficient (Wildman–Crippen LogP) is -13.9. The Morgan fingerprint density at radius 2 is 0.508 bits per heavy atom. The molecule has 47 heteroatoms. The molecule has 0 aromatic heterocycles. The number of aliphatic hydroxyl groups is 20. The van der Waals surface area contributed by atoms with Gasteiger partial charge < -0.3 is 208 Å². The Bertz CT molecular complexity index is 2310. The number of aliphatic hydroxyl groups excluding tert-OH is 20. The fourth-order valence-electron chi connectivity index (χ4n) is 9.91. The van der Waals surface area contributed by atoms with E-state index in [1.54, 1.807) is 0 Å². The molecule has 120 heavy (non-hydrogen) atoms. The molecule has 0 aliphatic heterocycles. The van der Waals surface area contributed by atoms with E-state index in [2.05, 4.69) is 16.0 Å². The summed E-state index contributed by atoms with van der Waals surface area (Å²) in [5.41, 5.74) is 0. The average molecular weight is 1760 g/mol. The summed E-state index contributed by atoms with van der Waals surface area (Å²) < 4.78 is 98.8. The fourth-order valence-corrected chi connectivity index (χ4v) is 9.91. The molecule has 0 saturated heterocycles. The third kappa shape index (κ3) is 63.4. The molecule has 3 amide bonds. The summed E-state index contributed by atoms with van der Waals surface area (Å²) in [5, 5.41) is 205. The van der Waals surface area contributed by atoms with E-state index in [-0.39, 0.29) is 222 Å². The molecule has 47 nitrogen and oxygen atoms in total. The van der Waals surface area contributed by atoms with Gasteiger partial charge in [0.2, 0.25) is 17.7 Å². The number of Topliss-reactive ketones (excluding diaryl/α,β-unsaturated/α-hetero) is 1. The molecule has 0 aliphatic rings. The van der Waals surface area contributed by atoms with Crippen LogP contribution in [0.2, 0.25) is 0 Å². The van der Waals surface area contributed by atoms with Crippen LogP contribution in [0.15, 0.2) is 0 Å².